The van der Waals surface area contributed by atoms with E-state index in [-0.39, 0.29) is 0 Å². The van der Waals surface area contributed by atoms with Crippen molar-refractivity contribution in [3.63, 3.8) is 0 Å². The van der Waals surface area contributed by atoms with E-state index < -0.39 is 0 Å². The number of ether oxygens (including phenoxy) is 1. The zero-order chi connectivity index (χ0) is 12.5. The summed E-state index contributed by atoms with van der Waals surface area (Å²) in [6.45, 7) is 9.18. The predicted molar refractivity (Wildman–Crippen MR) is 74.3 cm³/mol. The lowest BCUT2D eigenvalue weighted by molar-refractivity contribution is 0.0298. The third-order valence-electron chi connectivity index (χ3n) is 3.60. The molecule has 0 aromatic carbocycles. The van der Waals surface area contributed by atoms with Crippen LogP contribution in [0.2, 0.25) is 0 Å². The molecule has 0 saturated carbocycles. The molecule has 1 aliphatic heterocycles. The van der Waals surface area contributed by atoms with Gasteiger partial charge in [0.25, 0.3) is 0 Å². The highest BCUT2D eigenvalue weighted by atomic mass is 16.5. The van der Waals surface area contributed by atoms with Gasteiger partial charge < -0.3 is 10.1 Å². The Morgan fingerprint density at radius 1 is 1.35 bits per heavy atom. The number of unbranched alkanes of at least 4 members (excludes halogenated alkanes) is 3. The van der Waals surface area contributed by atoms with Crippen LogP contribution in [0.15, 0.2) is 12.7 Å². The van der Waals surface area contributed by atoms with Crippen LogP contribution >= 0.6 is 0 Å². The molecule has 100 valence electrons. The summed E-state index contributed by atoms with van der Waals surface area (Å²) < 4.78 is 5.98. The fourth-order valence-corrected chi connectivity index (χ4v) is 2.64. The summed E-state index contributed by atoms with van der Waals surface area (Å²) in [6, 6.07) is 0.564. The minimum absolute atomic E-state index is 0.448. The van der Waals surface area contributed by atoms with Crippen molar-refractivity contribution in [1.29, 1.82) is 0 Å². The third kappa shape index (κ3) is 5.69. The summed E-state index contributed by atoms with van der Waals surface area (Å²) in [5.74, 6) is 0. The molecule has 1 aliphatic rings. The molecule has 3 atom stereocenters. The van der Waals surface area contributed by atoms with Gasteiger partial charge in [-0.15, -0.1) is 6.58 Å². The maximum atomic E-state index is 5.98. The summed E-state index contributed by atoms with van der Waals surface area (Å²) in [6.07, 6.45) is 11.7. The van der Waals surface area contributed by atoms with E-state index in [1.54, 1.807) is 0 Å². The summed E-state index contributed by atoms with van der Waals surface area (Å²) in [7, 11) is 0. The van der Waals surface area contributed by atoms with Crippen LogP contribution in [-0.4, -0.2) is 24.8 Å². The Morgan fingerprint density at radius 3 is 2.76 bits per heavy atom. The van der Waals surface area contributed by atoms with Crippen molar-refractivity contribution in [2.24, 2.45) is 0 Å². The first kappa shape index (κ1) is 14.7. The van der Waals surface area contributed by atoms with Crippen LogP contribution in [0.5, 0.6) is 0 Å². The Bertz CT molecular complexity index is 205. The molecule has 0 amide bonds. The minimum Gasteiger partial charge on any atom is -0.374 e. The van der Waals surface area contributed by atoms with Crippen molar-refractivity contribution in [3.8, 4) is 0 Å². The van der Waals surface area contributed by atoms with Gasteiger partial charge in [0.1, 0.15) is 0 Å². The van der Waals surface area contributed by atoms with E-state index in [4.69, 9.17) is 4.74 Å². The third-order valence-corrected chi connectivity index (χ3v) is 3.60. The first-order valence-electron chi connectivity index (χ1n) is 7.27. The fraction of sp³-hybridized carbons (Fsp3) is 0.867. The van der Waals surface area contributed by atoms with Crippen LogP contribution in [0.4, 0.5) is 0 Å². The van der Waals surface area contributed by atoms with Crippen molar-refractivity contribution in [2.75, 3.05) is 6.54 Å². The molecule has 0 aromatic rings. The van der Waals surface area contributed by atoms with Crippen molar-refractivity contribution < 1.29 is 4.74 Å². The maximum Gasteiger partial charge on any atom is 0.0732 e. The second kappa shape index (κ2) is 8.71. The second-order valence-electron chi connectivity index (χ2n) is 5.15. The zero-order valence-corrected chi connectivity index (χ0v) is 11.6. The molecule has 2 nitrogen and oxygen atoms in total. The normalized spacial score (nSPS) is 26.0. The summed E-state index contributed by atoms with van der Waals surface area (Å²) in [5.41, 5.74) is 0. The highest BCUT2D eigenvalue weighted by molar-refractivity contribution is 4.82. The number of likely N-dealkylation sites (N-methyl/N-ethyl adjacent to an activating group) is 1. The van der Waals surface area contributed by atoms with Crippen molar-refractivity contribution in [2.45, 2.75) is 77.0 Å². The summed E-state index contributed by atoms with van der Waals surface area (Å²) >= 11 is 0. The molecule has 0 bridgehead atoms. The van der Waals surface area contributed by atoms with E-state index in [2.05, 4.69) is 25.7 Å². The molecule has 3 unspecified atom stereocenters. The van der Waals surface area contributed by atoms with Crippen LogP contribution in [-0.2, 0) is 4.74 Å². The van der Waals surface area contributed by atoms with Gasteiger partial charge in [0.2, 0.25) is 0 Å². The molecule has 17 heavy (non-hydrogen) atoms. The van der Waals surface area contributed by atoms with Crippen LogP contribution in [0.25, 0.3) is 0 Å². The van der Waals surface area contributed by atoms with Crippen LogP contribution in [0.1, 0.15) is 58.8 Å². The Balaban J connectivity index is 2.20. The van der Waals surface area contributed by atoms with Gasteiger partial charge in [0.15, 0.2) is 0 Å². The average Bonchev–Trinajstić information content (AvgIpc) is 2.74. The molecule has 1 rings (SSSR count). The fourth-order valence-electron chi connectivity index (χ4n) is 2.64. The molecule has 1 N–H and O–H groups in total. The molecular formula is C15H29NO. The number of allylic oxidation sites excluding steroid dienone is 1. The minimum atomic E-state index is 0.448. The van der Waals surface area contributed by atoms with Crippen LogP contribution in [0, 0.1) is 0 Å². The van der Waals surface area contributed by atoms with E-state index >= 15 is 0 Å². The van der Waals surface area contributed by atoms with Gasteiger partial charge in [0, 0.05) is 6.04 Å². The first-order chi connectivity index (χ1) is 8.27. The molecule has 0 radical (unpaired) electrons. The Morgan fingerprint density at radius 2 is 2.18 bits per heavy atom. The molecule has 2 heteroatoms. The van der Waals surface area contributed by atoms with E-state index in [1.165, 1.54) is 38.5 Å². The molecule has 1 fully saturated rings. The van der Waals surface area contributed by atoms with Gasteiger partial charge in [-0.2, -0.15) is 0 Å². The van der Waals surface area contributed by atoms with Gasteiger partial charge in [0.05, 0.1) is 12.2 Å². The van der Waals surface area contributed by atoms with E-state index in [0.717, 1.165) is 13.0 Å². The number of rotatable bonds is 9. The van der Waals surface area contributed by atoms with Crippen molar-refractivity contribution in [3.05, 3.63) is 12.7 Å². The van der Waals surface area contributed by atoms with E-state index in [9.17, 15) is 0 Å². The smallest absolute Gasteiger partial charge is 0.0732 e. The monoisotopic (exact) mass is 239 g/mol. The topological polar surface area (TPSA) is 21.3 Å². The number of nitrogens with one attached hydrogen (secondary N) is 1. The predicted octanol–water partition coefficient (Wildman–Crippen LogP) is 3.67. The Labute approximate surface area is 107 Å². The highest BCUT2D eigenvalue weighted by Gasteiger charge is 2.28. The van der Waals surface area contributed by atoms with Gasteiger partial charge >= 0.3 is 0 Å². The molecular weight excluding hydrogens is 210 g/mol. The molecule has 0 aromatic heterocycles. The van der Waals surface area contributed by atoms with Crippen molar-refractivity contribution >= 4 is 0 Å². The number of hydrogen-bond donors (Lipinski definition) is 1. The van der Waals surface area contributed by atoms with Gasteiger partial charge in [-0.3, -0.25) is 0 Å². The van der Waals surface area contributed by atoms with Crippen LogP contribution < -0.4 is 5.32 Å². The molecule has 0 spiro atoms. The quantitative estimate of drug-likeness (QED) is 0.489. The standard InChI is InChI=1S/C15H29NO/c1-4-6-7-8-9-10-14(16-5-2)15-12-11-13(3)17-15/h4,13-16H,1,5-12H2,2-3H3. The second-order valence-corrected chi connectivity index (χ2v) is 5.15. The highest BCUT2D eigenvalue weighted by Crippen LogP contribution is 2.24. The Kier molecular flexibility index (Phi) is 7.54. The zero-order valence-electron chi connectivity index (χ0n) is 11.6. The average molecular weight is 239 g/mol. The molecule has 1 heterocycles. The van der Waals surface area contributed by atoms with Crippen molar-refractivity contribution in [1.82, 2.24) is 5.32 Å². The SMILES string of the molecule is C=CCCCCCC(NCC)C1CCC(C)O1. The van der Waals surface area contributed by atoms with Gasteiger partial charge in [-0.25, -0.2) is 0 Å². The lowest BCUT2D eigenvalue weighted by Crippen LogP contribution is -2.39. The Hall–Kier alpha value is -0.340. The molecule has 0 aliphatic carbocycles. The van der Waals surface area contributed by atoms with Gasteiger partial charge in [-0.1, -0.05) is 25.8 Å². The lowest BCUT2D eigenvalue weighted by Gasteiger charge is -2.24. The summed E-state index contributed by atoms with van der Waals surface area (Å²) in [5, 5.41) is 3.59. The van der Waals surface area contributed by atoms with E-state index in [0.29, 0.717) is 18.2 Å². The maximum absolute atomic E-state index is 5.98. The van der Waals surface area contributed by atoms with Gasteiger partial charge in [-0.05, 0) is 45.6 Å². The van der Waals surface area contributed by atoms with Crippen LogP contribution in [0.3, 0.4) is 0 Å². The summed E-state index contributed by atoms with van der Waals surface area (Å²) in [4.78, 5) is 0. The largest absolute Gasteiger partial charge is 0.374 e. The number of hydrogen-bond acceptors (Lipinski definition) is 2. The lowest BCUT2D eigenvalue weighted by atomic mass is 10.0. The first-order valence-corrected chi connectivity index (χ1v) is 7.27. The molecule has 1 saturated heterocycles. The van der Waals surface area contributed by atoms with E-state index in [1.807, 2.05) is 6.08 Å².